The first-order chi connectivity index (χ1) is 7.54. The second-order valence-corrected chi connectivity index (χ2v) is 5.37. The lowest BCUT2D eigenvalue weighted by Crippen LogP contribution is -2.12. The van der Waals surface area contributed by atoms with Crippen LogP contribution in [0.3, 0.4) is 0 Å². The molecule has 0 amide bonds. The van der Waals surface area contributed by atoms with Crippen LogP contribution in [0, 0.1) is 5.41 Å². The smallest absolute Gasteiger partial charge is 0.130 e. The summed E-state index contributed by atoms with van der Waals surface area (Å²) in [5.41, 5.74) is 7.31. The Hall–Kier alpha value is -1.16. The van der Waals surface area contributed by atoms with Gasteiger partial charge in [0.1, 0.15) is 11.6 Å². The summed E-state index contributed by atoms with van der Waals surface area (Å²) in [6, 6.07) is 5.79. The van der Waals surface area contributed by atoms with Gasteiger partial charge in [-0.1, -0.05) is 19.9 Å². The van der Waals surface area contributed by atoms with Crippen LogP contribution in [0.5, 0.6) is 5.75 Å². The lowest BCUT2D eigenvalue weighted by atomic mass is 10.1. The Labute approximate surface area is 101 Å². The summed E-state index contributed by atoms with van der Waals surface area (Å²) in [7, 11) is 1.60. The molecule has 0 aromatic heterocycles. The fraction of sp³-hybridized carbons (Fsp3) is 0.417. The number of nitrogens with two attached hydrogens (primary N) is 1. The van der Waals surface area contributed by atoms with E-state index in [1.54, 1.807) is 7.11 Å². The van der Waals surface area contributed by atoms with E-state index < -0.39 is 0 Å². The van der Waals surface area contributed by atoms with Gasteiger partial charge in [0.2, 0.25) is 0 Å². The predicted octanol–water partition coefficient (Wildman–Crippen LogP) is 2.62. The highest BCUT2D eigenvalue weighted by Gasteiger charge is 2.07. The van der Waals surface area contributed by atoms with Crippen LogP contribution in [0.25, 0.3) is 0 Å². The van der Waals surface area contributed by atoms with Crippen LogP contribution >= 0.6 is 11.8 Å². The molecule has 0 unspecified atom stereocenters. The van der Waals surface area contributed by atoms with Gasteiger partial charge in [0.05, 0.1) is 12.7 Å². The van der Waals surface area contributed by atoms with Gasteiger partial charge in [0.25, 0.3) is 0 Å². The molecule has 4 heteroatoms. The standard InChI is InChI=1S/C12H18N2OS/c1-8(2)16-7-9-4-5-10(12(13)14)11(6-9)15-3/h4-6,8H,7H2,1-3H3,(H3,13,14). The zero-order valence-corrected chi connectivity index (χ0v) is 10.7. The van der Waals surface area contributed by atoms with Gasteiger partial charge in [-0.05, 0) is 22.9 Å². The average Bonchev–Trinajstić information content (AvgIpc) is 2.25. The normalized spacial score (nSPS) is 10.5. The summed E-state index contributed by atoms with van der Waals surface area (Å²) in [5.74, 6) is 1.67. The number of thioether (sulfide) groups is 1. The molecule has 88 valence electrons. The van der Waals surface area contributed by atoms with Crippen molar-refractivity contribution in [1.82, 2.24) is 0 Å². The molecule has 0 heterocycles. The number of hydrogen-bond donors (Lipinski definition) is 2. The summed E-state index contributed by atoms with van der Waals surface area (Å²) in [6.07, 6.45) is 0. The second kappa shape index (κ2) is 5.80. The van der Waals surface area contributed by atoms with E-state index in [9.17, 15) is 0 Å². The van der Waals surface area contributed by atoms with Gasteiger partial charge in [-0.25, -0.2) is 0 Å². The van der Waals surface area contributed by atoms with Crippen LogP contribution in [0.1, 0.15) is 25.0 Å². The zero-order valence-electron chi connectivity index (χ0n) is 9.91. The molecule has 0 aliphatic rings. The molecule has 1 aromatic carbocycles. The van der Waals surface area contributed by atoms with E-state index in [1.807, 2.05) is 30.0 Å². The van der Waals surface area contributed by atoms with E-state index in [4.69, 9.17) is 15.9 Å². The van der Waals surface area contributed by atoms with Gasteiger partial charge in [-0.2, -0.15) is 11.8 Å². The Morgan fingerprint density at radius 1 is 1.50 bits per heavy atom. The average molecular weight is 238 g/mol. The maximum Gasteiger partial charge on any atom is 0.130 e. The molecule has 0 aliphatic carbocycles. The van der Waals surface area contributed by atoms with Crippen molar-refractivity contribution in [3.63, 3.8) is 0 Å². The van der Waals surface area contributed by atoms with E-state index in [-0.39, 0.29) is 5.84 Å². The number of nitrogens with one attached hydrogen (secondary N) is 1. The molecule has 0 fully saturated rings. The van der Waals surface area contributed by atoms with Gasteiger partial charge < -0.3 is 10.5 Å². The van der Waals surface area contributed by atoms with Gasteiger partial charge >= 0.3 is 0 Å². The number of amidine groups is 1. The van der Waals surface area contributed by atoms with Crippen LogP contribution in [-0.4, -0.2) is 18.2 Å². The van der Waals surface area contributed by atoms with Crippen molar-refractivity contribution in [3.05, 3.63) is 29.3 Å². The predicted molar refractivity (Wildman–Crippen MR) is 70.4 cm³/mol. The lowest BCUT2D eigenvalue weighted by molar-refractivity contribution is 0.413. The molecule has 0 spiro atoms. The number of benzene rings is 1. The Morgan fingerprint density at radius 2 is 2.19 bits per heavy atom. The SMILES string of the molecule is COc1cc(CSC(C)C)ccc1C(=N)N. The van der Waals surface area contributed by atoms with Crippen molar-refractivity contribution in [1.29, 1.82) is 5.41 Å². The monoisotopic (exact) mass is 238 g/mol. The van der Waals surface area contributed by atoms with Crippen molar-refractivity contribution in [3.8, 4) is 5.75 Å². The molecule has 1 aromatic rings. The van der Waals surface area contributed by atoms with Crippen molar-refractivity contribution in [2.24, 2.45) is 5.73 Å². The molecule has 0 saturated carbocycles. The van der Waals surface area contributed by atoms with E-state index in [1.165, 1.54) is 5.56 Å². The first kappa shape index (κ1) is 12.9. The molecular weight excluding hydrogens is 220 g/mol. The fourth-order valence-corrected chi connectivity index (χ4v) is 2.02. The Bertz CT molecular complexity index is 377. The van der Waals surface area contributed by atoms with Crippen molar-refractivity contribution >= 4 is 17.6 Å². The lowest BCUT2D eigenvalue weighted by Gasteiger charge is -2.10. The minimum absolute atomic E-state index is 0.0416. The maximum atomic E-state index is 7.41. The molecule has 3 N–H and O–H groups in total. The Balaban J connectivity index is 2.86. The molecule has 1 rings (SSSR count). The number of rotatable bonds is 5. The quantitative estimate of drug-likeness (QED) is 0.612. The summed E-state index contributed by atoms with van der Waals surface area (Å²) in [6.45, 7) is 4.34. The van der Waals surface area contributed by atoms with Crippen LogP contribution in [0.2, 0.25) is 0 Å². The highest BCUT2D eigenvalue weighted by atomic mass is 32.2. The summed E-state index contributed by atoms with van der Waals surface area (Å²) >= 11 is 1.88. The van der Waals surface area contributed by atoms with Gasteiger partial charge in [-0.15, -0.1) is 0 Å². The van der Waals surface area contributed by atoms with Crippen LogP contribution in [0.4, 0.5) is 0 Å². The fourth-order valence-electron chi connectivity index (χ4n) is 1.31. The Morgan fingerprint density at radius 3 is 2.69 bits per heavy atom. The molecule has 0 atom stereocenters. The number of nitrogen functional groups attached to an aromatic ring is 1. The molecule has 0 bridgehead atoms. The first-order valence-electron chi connectivity index (χ1n) is 5.17. The van der Waals surface area contributed by atoms with Crippen molar-refractivity contribution in [2.75, 3.05) is 7.11 Å². The third-order valence-corrected chi connectivity index (χ3v) is 3.31. The van der Waals surface area contributed by atoms with Crippen molar-refractivity contribution < 1.29 is 4.74 Å². The minimum Gasteiger partial charge on any atom is -0.496 e. The molecule has 0 radical (unpaired) electrons. The van der Waals surface area contributed by atoms with Crippen LogP contribution in [-0.2, 0) is 5.75 Å². The van der Waals surface area contributed by atoms with Crippen molar-refractivity contribution in [2.45, 2.75) is 24.9 Å². The molecular formula is C12H18N2OS. The topological polar surface area (TPSA) is 59.1 Å². The van der Waals surface area contributed by atoms with Gasteiger partial charge in [0.15, 0.2) is 0 Å². The first-order valence-corrected chi connectivity index (χ1v) is 6.22. The molecule has 0 saturated heterocycles. The zero-order chi connectivity index (χ0) is 12.1. The van der Waals surface area contributed by atoms with E-state index >= 15 is 0 Å². The van der Waals surface area contributed by atoms with E-state index in [2.05, 4.69) is 13.8 Å². The number of ether oxygens (including phenoxy) is 1. The van der Waals surface area contributed by atoms with Gasteiger partial charge in [0, 0.05) is 5.75 Å². The Kier molecular flexibility index (Phi) is 4.68. The highest BCUT2D eigenvalue weighted by molar-refractivity contribution is 7.99. The van der Waals surface area contributed by atoms with Crippen LogP contribution < -0.4 is 10.5 Å². The second-order valence-electron chi connectivity index (χ2n) is 3.81. The highest BCUT2D eigenvalue weighted by Crippen LogP contribution is 2.24. The van der Waals surface area contributed by atoms with E-state index in [0.717, 1.165) is 5.75 Å². The molecule has 0 aliphatic heterocycles. The summed E-state index contributed by atoms with van der Waals surface area (Å²) in [4.78, 5) is 0. The minimum atomic E-state index is 0.0416. The van der Waals surface area contributed by atoms with Gasteiger partial charge in [-0.3, -0.25) is 5.41 Å². The number of methoxy groups -OCH3 is 1. The largest absolute Gasteiger partial charge is 0.496 e. The van der Waals surface area contributed by atoms with Crippen LogP contribution in [0.15, 0.2) is 18.2 Å². The van der Waals surface area contributed by atoms with E-state index in [0.29, 0.717) is 16.6 Å². The summed E-state index contributed by atoms with van der Waals surface area (Å²) < 4.78 is 5.22. The summed E-state index contributed by atoms with van der Waals surface area (Å²) in [5, 5.41) is 8.02. The molecule has 16 heavy (non-hydrogen) atoms. The molecule has 3 nitrogen and oxygen atoms in total. The number of hydrogen-bond acceptors (Lipinski definition) is 3. The third-order valence-electron chi connectivity index (χ3n) is 2.14. The maximum absolute atomic E-state index is 7.41. The third kappa shape index (κ3) is 3.45.